The highest BCUT2D eigenvalue weighted by Crippen LogP contribution is 2.30. The Morgan fingerprint density at radius 3 is 3.20 bits per heavy atom. The molecule has 1 aromatic carbocycles. The van der Waals surface area contributed by atoms with Crippen molar-refractivity contribution in [1.82, 2.24) is 15.4 Å². The van der Waals surface area contributed by atoms with Crippen molar-refractivity contribution in [2.24, 2.45) is 5.92 Å². The molecule has 1 atom stereocenters. The van der Waals surface area contributed by atoms with E-state index in [9.17, 15) is 4.79 Å². The molecule has 7 nitrogen and oxygen atoms in total. The van der Waals surface area contributed by atoms with Crippen LogP contribution in [0, 0.1) is 5.92 Å². The Kier molecular flexibility index (Phi) is 3.24. The van der Waals surface area contributed by atoms with Gasteiger partial charge in [0.15, 0.2) is 5.82 Å². The molecule has 2 aromatic rings. The zero-order chi connectivity index (χ0) is 13.9. The molecule has 20 heavy (non-hydrogen) atoms. The summed E-state index contributed by atoms with van der Waals surface area (Å²) in [6.45, 7) is 0.350. The number of benzene rings is 1. The number of rotatable bonds is 3. The lowest BCUT2D eigenvalue weighted by Crippen LogP contribution is -2.32. The fraction of sp³-hybridized carbons (Fsp3) is 0.308. The Bertz CT molecular complexity index is 612. The van der Waals surface area contributed by atoms with Gasteiger partial charge in [0, 0.05) is 0 Å². The molecular weight excluding hydrogens is 260 g/mol. The molecule has 1 unspecified atom stereocenters. The SMILES string of the molecule is COc1ccc2c(c1)CC(C(=O)Nc1cn[nH]n1)CO2. The fourth-order valence-corrected chi connectivity index (χ4v) is 2.16. The zero-order valence-electron chi connectivity index (χ0n) is 10.9. The van der Waals surface area contributed by atoms with Crippen LogP contribution in [0.2, 0.25) is 0 Å². The second-order valence-electron chi connectivity index (χ2n) is 4.53. The standard InChI is InChI=1S/C13H14N4O3/c1-19-10-2-3-11-8(5-10)4-9(7-20-11)13(18)15-12-6-14-17-16-12/h2-3,5-6,9H,4,7H2,1H3,(H2,14,15,16,17,18). The van der Waals surface area contributed by atoms with Gasteiger partial charge in [0.2, 0.25) is 5.91 Å². The minimum atomic E-state index is -0.258. The number of hydrogen-bond donors (Lipinski definition) is 2. The number of ether oxygens (including phenoxy) is 2. The predicted molar refractivity (Wildman–Crippen MR) is 70.7 cm³/mol. The van der Waals surface area contributed by atoms with Gasteiger partial charge in [-0.05, 0) is 30.2 Å². The number of nitrogens with one attached hydrogen (secondary N) is 2. The average molecular weight is 274 g/mol. The number of carbonyl (C=O) groups excluding carboxylic acids is 1. The molecule has 0 saturated heterocycles. The molecule has 0 spiro atoms. The van der Waals surface area contributed by atoms with Crippen molar-refractivity contribution in [1.29, 1.82) is 0 Å². The predicted octanol–water partition coefficient (Wildman–Crippen LogP) is 1.00. The molecule has 0 fully saturated rings. The van der Waals surface area contributed by atoms with Gasteiger partial charge >= 0.3 is 0 Å². The van der Waals surface area contributed by atoms with Crippen molar-refractivity contribution in [3.05, 3.63) is 30.0 Å². The molecule has 7 heteroatoms. The highest BCUT2D eigenvalue weighted by atomic mass is 16.5. The van der Waals surface area contributed by atoms with Gasteiger partial charge < -0.3 is 14.8 Å². The number of hydrogen-bond acceptors (Lipinski definition) is 5. The maximum Gasteiger partial charge on any atom is 0.232 e. The van der Waals surface area contributed by atoms with Crippen molar-refractivity contribution in [3.8, 4) is 11.5 Å². The zero-order valence-corrected chi connectivity index (χ0v) is 10.9. The van der Waals surface area contributed by atoms with Crippen LogP contribution < -0.4 is 14.8 Å². The van der Waals surface area contributed by atoms with E-state index in [0.29, 0.717) is 18.8 Å². The van der Waals surface area contributed by atoms with E-state index in [2.05, 4.69) is 20.7 Å². The third-order valence-corrected chi connectivity index (χ3v) is 3.21. The number of anilines is 1. The Morgan fingerprint density at radius 1 is 1.55 bits per heavy atom. The van der Waals surface area contributed by atoms with Crippen molar-refractivity contribution >= 4 is 11.7 Å². The van der Waals surface area contributed by atoms with E-state index >= 15 is 0 Å². The monoisotopic (exact) mass is 274 g/mol. The van der Waals surface area contributed by atoms with Gasteiger partial charge in [-0.15, -0.1) is 5.10 Å². The largest absolute Gasteiger partial charge is 0.497 e. The number of nitrogens with zero attached hydrogens (tertiary/aromatic N) is 2. The van der Waals surface area contributed by atoms with Crippen LogP contribution in [0.4, 0.5) is 5.82 Å². The van der Waals surface area contributed by atoms with Gasteiger partial charge in [0.25, 0.3) is 0 Å². The van der Waals surface area contributed by atoms with Gasteiger partial charge in [-0.1, -0.05) is 0 Å². The van der Waals surface area contributed by atoms with E-state index in [4.69, 9.17) is 9.47 Å². The van der Waals surface area contributed by atoms with Crippen molar-refractivity contribution in [2.45, 2.75) is 6.42 Å². The molecule has 0 saturated carbocycles. The summed E-state index contributed by atoms with van der Waals surface area (Å²) in [5.41, 5.74) is 0.968. The topological polar surface area (TPSA) is 89.1 Å². The van der Waals surface area contributed by atoms with Crippen LogP contribution >= 0.6 is 0 Å². The lowest BCUT2D eigenvalue weighted by molar-refractivity contribution is -0.121. The Labute approximate surface area is 115 Å². The minimum absolute atomic E-state index is 0.132. The highest BCUT2D eigenvalue weighted by Gasteiger charge is 2.26. The maximum absolute atomic E-state index is 12.1. The molecule has 1 aliphatic heterocycles. The summed E-state index contributed by atoms with van der Waals surface area (Å²) in [6, 6.07) is 5.60. The lowest BCUT2D eigenvalue weighted by atomic mass is 9.96. The Morgan fingerprint density at radius 2 is 2.45 bits per heavy atom. The van der Waals surface area contributed by atoms with E-state index in [-0.39, 0.29) is 11.8 Å². The first-order valence-corrected chi connectivity index (χ1v) is 6.22. The van der Waals surface area contributed by atoms with Gasteiger partial charge in [-0.3, -0.25) is 4.79 Å². The molecule has 2 heterocycles. The third kappa shape index (κ3) is 2.42. The average Bonchev–Trinajstić information content (AvgIpc) is 2.99. The normalized spacial score (nSPS) is 16.9. The summed E-state index contributed by atoms with van der Waals surface area (Å²) < 4.78 is 10.8. The van der Waals surface area contributed by atoms with E-state index in [1.54, 1.807) is 7.11 Å². The van der Waals surface area contributed by atoms with Gasteiger partial charge in [0.05, 0.1) is 19.2 Å². The van der Waals surface area contributed by atoms with Crippen molar-refractivity contribution in [2.75, 3.05) is 19.0 Å². The number of methoxy groups -OCH3 is 1. The quantitative estimate of drug-likeness (QED) is 0.871. The lowest BCUT2D eigenvalue weighted by Gasteiger charge is -2.24. The van der Waals surface area contributed by atoms with Crippen LogP contribution in [0.1, 0.15) is 5.56 Å². The van der Waals surface area contributed by atoms with Crippen LogP contribution in [-0.2, 0) is 11.2 Å². The van der Waals surface area contributed by atoms with Gasteiger partial charge in [0.1, 0.15) is 18.1 Å². The van der Waals surface area contributed by atoms with Crippen LogP contribution in [0.5, 0.6) is 11.5 Å². The van der Waals surface area contributed by atoms with E-state index in [0.717, 1.165) is 17.1 Å². The van der Waals surface area contributed by atoms with Gasteiger partial charge in [-0.25, -0.2) is 0 Å². The Balaban J connectivity index is 1.72. The molecule has 3 rings (SSSR count). The smallest absolute Gasteiger partial charge is 0.232 e. The second kappa shape index (κ2) is 5.20. The molecule has 0 aliphatic carbocycles. The molecule has 104 valence electrons. The molecule has 2 N–H and O–H groups in total. The number of carbonyl (C=O) groups is 1. The van der Waals surface area contributed by atoms with E-state index < -0.39 is 0 Å². The number of aromatic amines is 1. The summed E-state index contributed by atoms with van der Waals surface area (Å²) in [7, 11) is 1.61. The van der Waals surface area contributed by atoms with E-state index in [1.807, 2.05) is 18.2 Å². The van der Waals surface area contributed by atoms with Crippen LogP contribution in [0.25, 0.3) is 0 Å². The molecular formula is C13H14N4O3. The van der Waals surface area contributed by atoms with Crippen molar-refractivity contribution in [3.63, 3.8) is 0 Å². The molecule has 0 radical (unpaired) electrons. The highest BCUT2D eigenvalue weighted by molar-refractivity contribution is 5.92. The first kappa shape index (κ1) is 12.5. The summed E-state index contributed by atoms with van der Waals surface area (Å²) in [4.78, 5) is 12.1. The molecule has 1 amide bonds. The molecule has 1 aliphatic rings. The van der Waals surface area contributed by atoms with Crippen LogP contribution in [0.15, 0.2) is 24.4 Å². The van der Waals surface area contributed by atoms with Crippen molar-refractivity contribution < 1.29 is 14.3 Å². The minimum Gasteiger partial charge on any atom is -0.497 e. The number of amides is 1. The molecule has 1 aromatic heterocycles. The third-order valence-electron chi connectivity index (χ3n) is 3.21. The first-order chi connectivity index (χ1) is 9.76. The van der Waals surface area contributed by atoms with Gasteiger partial charge in [-0.2, -0.15) is 10.3 Å². The first-order valence-electron chi connectivity index (χ1n) is 6.22. The number of aromatic nitrogens is 3. The number of fused-ring (bicyclic) bond motifs is 1. The second-order valence-corrected chi connectivity index (χ2v) is 4.53. The summed E-state index contributed by atoms with van der Waals surface area (Å²) in [5, 5.41) is 12.6. The maximum atomic E-state index is 12.1. The summed E-state index contributed by atoms with van der Waals surface area (Å²) in [5.74, 6) is 1.58. The fourth-order valence-electron chi connectivity index (χ4n) is 2.16. The van der Waals surface area contributed by atoms with Crippen LogP contribution in [-0.4, -0.2) is 35.0 Å². The molecule has 0 bridgehead atoms. The number of H-pyrrole nitrogens is 1. The van der Waals surface area contributed by atoms with E-state index in [1.165, 1.54) is 6.20 Å². The Hall–Kier alpha value is -2.57. The van der Waals surface area contributed by atoms with Crippen LogP contribution in [0.3, 0.4) is 0 Å². The summed E-state index contributed by atoms with van der Waals surface area (Å²) in [6.07, 6.45) is 2.06. The summed E-state index contributed by atoms with van der Waals surface area (Å²) >= 11 is 0.